The van der Waals surface area contributed by atoms with Gasteiger partial charge in [-0.2, -0.15) is 5.26 Å². The summed E-state index contributed by atoms with van der Waals surface area (Å²) in [5, 5.41) is 18.6. The molecule has 20 heavy (non-hydrogen) atoms. The SMILES string of the molecule is COCCOC(=O)/C(C#N)=C/c1cc(Br)c(O)c(Br)c1. The number of nitriles is 1. The first-order valence-corrected chi connectivity index (χ1v) is 7.04. The second-order valence-electron chi connectivity index (χ2n) is 3.63. The zero-order valence-corrected chi connectivity index (χ0v) is 13.7. The minimum absolute atomic E-state index is 0.0447. The second kappa shape index (κ2) is 8.04. The predicted octanol–water partition coefficient (Wildman–Crippen LogP) is 3.01. The summed E-state index contributed by atoms with van der Waals surface area (Å²) in [6.45, 7) is 0.345. The van der Waals surface area contributed by atoms with Gasteiger partial charge in [-0.3, -0.25) is 0 Å². The fourth-order valence-electron chi connectivity index (χ4n) is 1.27. The maximum Gasteiger partial charge on any atom is 0.348 e. The van der Waals surface area contributed by atoms with Crippen molar-refractivity contribution in [2.45, 2.75) is 0 Å². The lowest BCUT2D eigenvalue weighted by Crippen LogP contribution is -2.11. The average Bonchev–Trinajstić information content (AvgIpc) is 2.42. The van der Waals surface area contributed by atoms with Crippen molar-refractivity contribution in [3.05, 3.63) is 32.2 Å². The van der Waals surface area contributed by atoms with E-state index in [-0.39, 0.29) is 24.5 Å². The summed E-state index contributed by atoms with van der Waals surface area (Å²) in [4.78, 5) is 11.6. The van der Waals surface area contributed by atoms with E-state index in [1.165, 1.54) is 13.2 Å². The Hall–Kier alpha value is -1.36. The fraction of sp³-hybridized carbons (Fsp3) is 0.231. The molecule has 1 rings (SSSR count). The van der Waals surface area contributed by atoms with Crippen LogP contribution in [0.5, 0.6) is 5.75 Å². The topological polar surface area (TPSA) is 79.5 Å². The Morgan fingerprint density at radius 3 is 2.50 bits per heavy atom. The maximum absolute atomic E-state index is 11.6. The van der Waals surface area contributed by atoms with Gasteiger partial charge < -0.3 is 14.6 Å². The van der Waals surface area contributed by atoms with E-state index in [1.54, 1.807) is 18.2 Å². The van der Waals surface area contributed by atoms with Gasteiger partial charge in [-0.25, -0.2) is 4.79 Å². The molecule has 0 atom stereocenters. The van der Waals surface area contributed by atoms with Gasteiger partial charge in [0.2, 0.25) is 0 Å². The third kappa shape index (κ3) is 4.63. The number of phenols is 1. The van der Waals surface area contributed by atoms with Crippen molar-refractivity contribution >= 4 is 43.9 Å². The van der Waals surface area contributed by atoms with Crippen LogP contribution in [0.25, 0.3) is 6.08 Å². The number of methoxy groups -OCH3 is 1. The third-order valence-corrected chi connectivity index (χ3v) is 3.42. The normalized spacial score (nSPS) is 11.0. The highest BCUT2D eigenvalue weighted by Gasteiger charge is 2.12. The molecule has 1 aromatic rings. The van der Waals surface area contributed by atoms with Crippen LogP contribution in [-0.4, -0.2) is 31.4 Å². The molecule has 0 radical (unpaired) electrons. The lowest BCUT2D eigenvalue weighted by atomic mass is 10.1. The first-order chi connectivity index (χ1) is 9.49. The van der Waals surface area contributed by atoms with Gasteiger partial charge >= 0.3 is 5.97 Å². The van der Waals surface area contributed by atoms with Gasteiger partial charge in [0.05, 0.1) is 15.6 Å². The quantitative estimate of drug-likeness (QED) is 0.353. The summed E-state index contributed by atoms with van der Waals surface area (Å²) < 4.78 is 10.5. The summed E-state index contributed by atoms with van der Waals surface area (Å²) in [5.41, 5.74) is 0.437. The molecule has 0 spiro atoms. The smallest absolute Gasteiger partial charge is 0.348 e. The van der Waals surface area contributed by atoms with E-state index in [9.17, 15) is 9.90 Å². The number of esters is 1. The first-order valence-electron chi connectivity index (χ1n) is 5.45. The Kier molecular flexibility index (Phi) is 6.71. The molecule has 0 saturated carbocycles. The molecule has 0 bridgehead atoms. The molecule has 0 unspecified atom stereocenters. The maximum atomic E-state index is 11.6. The van der Waals surface area contributed by atoms with Crippen LogP contribution in [0.4, 0.5) is 0 Å². The molecule has 0 saturated heterocycles. The number of rotatable bonds is 5. The Labute approximate surface area is 133 Å². The van der Waals surface area contributed by atoms with Crippen molar-refractivity contribution in [3.63, 3.8) is 0 Å². The number of phenolic OH excluding ortho intramolecular Hbond substituents is 1. The Morgan fingerprint density at radius 2 is 2.00 bits per heavy atom. The lowest BCUT2D eigenvalue weighted by molar-refractivity contribution is -0.139. The zero-order chi connectivity index (χ0) is 15.1. The minimum atomic E-state index is -0.718. The molecule has 0 aromatic heterocycles. The second-order valence-corrected chi connectivity index (χ2v) is 5.34. The van der Waals surface area contributed by atoms with Gasteiger partial charge in [-0.05, 0) is 55.6 Å². The molecule has 0 amide bonds. The van der Waals surface area contributed by atoms with E-state index in [1.807, 2.05) is 0 Å². The van der Waals surface area contributed by atoms with E-state index in [2.05, 4.69) is 31.9 Å². The minimum Gasteiger partial charge on any atom is -0.506 e. The summed E-state index contributed by atoms with van der Waals surface area (Å²) in [5.74, 6) is -0.673. The van der Waals surface area contributed by atoms with Gasteiger partial charge in [-0.15, -0.1) is 0 Å². The number of carbonyl (C=O) groups is 1. The van der Waals surface area contributed by atoms with E-state index in [4.69, 9.17) is 14.7 Å². The van der Waals surface area contributed by atoms with E-state index >= 15 is 0 Å². The monoisotopic (exact) mass is 403 g/mol. The van der Waals surface area contributed by atoms with Gasteiger partial charge in [0.1, 0.15) is 24.0 Å². The van der Waals surface area contributed by atoms with Crippen LogP contribution >= 0.6 is 31.9 Å². The Bertz CT molecular complexity index is 555. The third-order valence-electron chi connectivity index (χ3n) is 2.21. The van der Waals surface area contributed by atoms with Crippen molar-refractivity contribution in [1.29, 1.82) is 5.26 Å². The molecule has 1 aromatic carbocycles. The number of aromatic hydroxyl groups is 1. The highest BCUT2D eigenvalue weighted by atomic mass is 79.9. The molecule has 0 heterocycles. The summed E-state index contributed by atoms with van der Waals surface area (Å²) in [7, 11) is 1.49. The molecule has 106 valence electrons. The van der Waals surface area contributed by atoms with Crippen molar-refractivity contribution in [1.82, 2.24) is 0 Å². The van der Waals surface area contributed by atoms with E-state index in [0.29, 0.717) is 14.5 Å². The Balaban J connectivity index is 2.95. The van der Waals surface area contributed by atoms with Crippen molar-refractivity contribution in [3.8, 4) is 11.8 Å². The van der Waals surface area contributed by atoms with Crippen LogP contribution in [-0.2, 0) is 14.3 Å². The molecular formula is C13H11Br2NO4. The van der Waals surface area contributed by atoms with Crippen LogP contribution in [0, 0.1) is 11.3 Å². The van der Waals surface area contributed by atoms with Crippen LogP contribution in [0.1, 0.15) is 5.56 Å². The molecule has 0 aliphatic heterocycles. The van der Waals surface area contributed by atoms with Crippen molar-refractivity contribution in [2.75, 3.05) is 20.3 Å². The summed E-state index contributed by atoms with van der Waals surface area (Å²) in [6, 6.07) is 4.95. The van der Waals surface area contributed by atoms with E-state index in [0.717, 1.165) is 0 Å². The van der Waals surface area contributed by atoms with Crippen LogP contribution in [0.2, 0.25) is 0 Å². The molecule has 0 fully saturated rings. The van der Waals surface area contributed by atoms with Crippen molar-refractivity contribution in [2.24, 2.45) is 0 Å². The number of halogens is 2. The number of nitrogens with zero attached hydrogens (tertiary/aromatic N) is 1. The van der Waals surface area contributed by atoms with Gasteiger partial charge in [0.15, 0.2) is 0 Å². The van der Waals surface area contributed by atoms with E-state index < -0.39 is 5.97 Å². The predicted molar refractivity (Wildman–Crippen MR) is 79.9 cm³/mol. The summed E-state index contributed by atoms with van der Waals surface area (Å²) >= 11 is 6.34. The molecule has 5 nitrogen and oxygen atoms in total. The fourth-order valence-corrected chi connectivity index (χ4v) is 2.49. The number of hydrogen-bond acceptors (Lipinski definition) is 5. The number of benzene rings is 1. The van der Waals surface area contributed by atoms with Crippen LogP contribution in [0.15, 0.2) is 26.7 Å². The molecule has 7 heteroatoms. The average molecular weight is 405 g/mol. The number of ether oxygens (including phenoxy) is 2. The van der Waals surface area contributed by atoms with Gasteiger partial charge in [0, 0.05) is 7.11 Å². The van der Waals surface area contributed by atoms with Crippen molar-refractivity contribution < 1.29 is 19.4 Å². The molecular weight excluding hydrogens is 394 g/mol. The highest BCUT2D eigenvalue weighted by molar-refractivity contribution is 9.11. The molecule has 0 aliphatic rings. The Morgan fingerprint density at radius 1 is 1.40 bits per heavy atom. The zero-order valence-electron chi connectivity index (χ0n) is 10.5. The largest absolute Gasteiger partial charge is 0.506 e. The summed E-state index contributed by atoms with van der Waals surface area (Å²) in [6.07, 6.45) is 1.38. The van der Waals surface area contributed by atoms with Crippen LogP contribution in [0.3, 0.4) is 0 Å². The molecule has 1 N–H and O–H groups in total. The molecule has 0 aliphatic carbocycles. The van der Waals surface area contributed by atoms with Gasteiger partial charge in [0.25, 0.3) is 0 Å². The number of hydrogen-bond donors (Lipinski definition) is 1. The van der Waals surface area contributed by atoms with Gasteiger partial charge in [-0.1, -0.05) is 0 Å². The standard InChI is InChI=1S/C13H11Br2NO4/c1-19-2-3-20-13(18)9(7-16)4-8-5-10(14)12(17)11(15)6-8/h4-6,17H,2-3H2,1H3/b9-4+. The highest BCUT2D eigenvalue weighted by Crippen LogP contribution is 2.33. The number of carbonyl (C=O) groups excluding carboxylic acids is 1. The first kappa shape index (κ1) is 16.7. The lowest BCUT2D eigenvalue weighted by Gasteiger charge is -2.04. The van der Waals surface area contributed by atoms with Crippen LogP contribution < -0.4 is 0 Å².